The fourth-order valence-electron chi connectivity index (χ4n) is 10.3. The molecule has 0 amide bonds. The van der Waals surface area contributed by atoms with Crippen LogP contribution in [0.2, 0.25) is 0 Å². The van der Waals surface area contributed by atoms with E-state index in [-0.39, 0.29) is 0 Å². The summed E-state index contributed by atoms with van der Waals surface area (Å²) in [5.41, 5.74) is -1.80. The number of hydrogen-bond acceptors (Lipinski definition) is 4. The van der Waals surface area contributed by atoms with Crippen molar-refractivity contribution in [3.8, 4) is 0 Å². The summed E-state index contributed by atoms with van der Waals surface area (Å²) in [5.74, 6) is -1.14. The molecular formula is C55H109NO5. The molecule has 61 heavy (non-hydrogen) atoms. The fourth-order valence-corrected chi connectivity index (χ4v) is 10.3. The Kier molecular flexibility index (Phi) is 39.6. The van der Waals surface area contributed by atoms with Crippen molar-refractivity contribution in [2.24, 2.45) is 10.8 Å². The van der Waals surface area contributed by atoms with E-state index in [9.17, 15) is 24.9 Å². The molecule has 0 aromatic rings. The Morgan fingerprint density at radius 1 is 0.311 bits per heavy atom. The average molecular weight is 864 g/mol. The number of carboxylic acids is 2. The lowest BCUT2D eigenvalue weighted by molar-refractivity contribution is -0.151. The maximum Gasteiger partial charge on any atom is 0.309 e. The van der Waals surface area contributed by atoms with Crippen molar-refractivity contribution < 1.29 is 24.9 Å². The predicted molar refractivity (Wildman–Crippen MR) is 265 cm³/mol. The van der Waals surface area contributed by atoms with E-state index in [0.717, 1.165) is 193 Å². The van der Waals surface area contributed by atoms with Crippen LogP contribution < -0.4 is 0 Å². The normalized spacial score (nSPS) is 14.9. The smallest absolute Gasteiger partial charge is 0.309 e. The van der Waals surface area contributed by atoms with Gasteiger partial charge in [-0.1, -0.05) is 221 Å². The van der Waals surface area contributed by atoms with Gasteiger partial charge in [0.05, 0.1) is 16.4 Å². The van der Waals surface area contributed by atoms with Gasteiger partial charge >= 0.3 is 11.9 Å². The van der Waals surface area contributed by atoms with Gasteiger partial charge < -0.3 is 20.2 Å². The van der Waals surface area contributed by atoms with Crippen molar-refractivity contribution in [1.82, 2.24) is 4.90 Å². The third-order valence-electron chi connectivity index (χ3n) is 14.5. The fraction of sp³-hybridized carbons (Fsp3) is 0.964. The Morgan fingerprint density at radius 3 is 0.803 bits per heavy atom. The lowest BCUT2D eigenvalue weighted by atomic mass is 9.74. The van der Waals surface area contributed by atoms with E-state index in [0.29, 0.717) is 0 Å². The molecule has 0 rings (SSSR count). The Balaban J connectivity index is 5.41. The van der Waals surface area contributed by atoms with Crippen molar-refractivity contribution in [2.45, 2.75) is 310 Å². The van der Waals surface area contributed by atoms with Gasteiger partial charge in [-0.05, 0) is 103 Å². The van der Waals surface area contributed by atoms with Gasteiger partial charge in [0, 0.05) is 0 Å². The highest BCUT2D eigenvalue weighted by molar-refractivity contribution is 5.75. The van der Waals surface area contributed by atoms with Crippen molar-refractivity contribution in [3.63, 3.8) is 0 Å². The molecule has 0 heterocycles. The molecule has 0 aromatic heterocycles. The molecule has 0 saturated heterocycles. The summed E-state index contributed by atoms with van der Waals surface area (Å²) in [6, 6.07) is 0. The summed E-state index contributed by atoms with van der Waals surface area (Å²) in [5, 5.41) is 33.3. The zero-order valence-electron chi connectivity index (χ0n) is 42.2. The first-order chi connectivity index (χ1) is 29.5. The van der Waals surface area contributed by atoms with Crippen LogP contribution in [0, 0.1) is 10.8 Å². The summed E-state index contributed by atoms with van der Waals surface area (Å²) in [4.78, 5) is 28.3. The molecule has 2 atom stereocenters. The first-order valence-corrected chi connectivity index (χ1v) is 27.5. The van der Waals surface area contributed by atoms with Crippen LogP contribution in [0.15, 0.2) is 0 Å². The second-order valence-electron chi connectivity index (χ2n) is 20.2. The van der Waals surface area contributed by atoms with Gasteiger partial charge in [-0.2, -0.15) is 0 Å². The lowest BCUT2D eigenvalue weighted by Crippen LogP contribution is -2.31. The van der Waals surface area contributed by atoms with E-state index in [4.69, 9.17) is 0 Å². The number of hydrogen-bond donors (Lipinski definition) is 3. The molecule has 0 aliphatic carbocycles. The molecule has 2 unspecified atom stereocenters. The summed E-state index contributed by atoms with van der Waals surface area (Å²) in [6.45, 7) is 16.9. The van der Waals surface area contributed by atoms with Gasteiger partial charge in [-0.25, -0.2) is 0 Å². The molecule has 0 fully saturated rings. The molecule has 6 heteroatoms. The molecular weight excluding hydrogens is 755 g/mol. The maximum absolute atomic E-state index is 12.9. The highest BCUT2D eigenvalue weighted by Gasteiger charge is 2.38. The van der Waals surface area contributed by atoms with Gasteiger partial charge in [-0.3, -0.25) is 9.59 Å². The molecule has 0 spiro atoms. The van der Waals surface area contributed by atoms with Crippen LogP contribution in [-0.4, -0.2) is 57.4 Å². The van der Waals surface area contributed by atoms with Crippen molar-refractivity contribution >= 4 is 11.9 Å². The minimum Gasteiger partial charge on any atom is -0.481 e. The van der Waals surface area contributed by atoms with Crippen molar-refractivity contribution in [3.05, 3.63) is 0 Å². The van der Waals surface area contributed by atoms with Crippen molar-refractivity contribution in [2.75, 3.05) is 19.6 Å². The molecule has 0 aliphatic rings. The van der Waals surface area contributed by atoms with Crippen molar-refractivity contribution in [1.29, 1.82) is 0 Å². The average Bonchev–Trinajstić information content (AvgIpc) is 3.24. The van der Waals surface area contributed by atoms with Gasteiger partial charge in [0.2, 0.25) is 0 Å². The number of carbonyl (C=O) groups is 2. The number of aliphatic carboxylic acids is 2. The minimum atomic E-state index is -0.649. The Bertz CT molecular complexity index is 919. The summed E-state index contributed by atoms with van der Waals surface area (Å²) in [7, 11) is 0. The zero-order valence-corrected chi connectivity index (χ0v) is 42.2. The van der Waals surface area contributed by atoms with E-state index in [1.54, 1.807) is 0 Å². The monoisotopic (exact) mass is 864 g/mol. The molecule has 0 aromatic carbocycles. The molecule has 364 valence electrons. The van der Waals surface area contributed by atoms with Gasteiger partial charge in [0.15, 0.2) is 0 Å². The topological polar surface area (TPSA) is 98.1 Å². The largest absolute Gasteiger partial charge is 0.481 e. The van der Waals surface area contributed by atoms with Crippen LogP contribution in [0.25, 0.3) is 0 Å². The number of nitrogens with zero attached hydrogens (tertiary/aromatic N) is 1. The van der Waals surface area contributed by atoms with E-state index in [2.05, 4.69) is 46.4 Å². The van der Waals surface area contributed by atoms with E-state index in [1.165, 1.54) is 89.9 Å². The van der Waals surface area contributed by atoms with Crippen LogP contribution >= 0.6 is 0 Å². The van der Waals surface area contributed by atoms with Crippen LogP contribution in [0.1, 0.15) is 305 Å². The molecule has 6 nitrogen and oxygen atoms in total. The molecule has 0 radical (unpaired) electrons. The van der Waals surface area contributed by atoms with E-state index < -0.39 is 28.4 Å². The van der Waals surface area contributed by atoms with Crippen LogP contribution in [0.5, 0.6) is 0 Å². The van der Waals surface area contributed by atoms with Gasteiger partial charge in [0.25, 0.3) is 0 Å². The number of rotatable bonds is 49. The quantitative estimate of drug-likeness (QED) is 0.0527. The third-order valence-corrected chi connectivity index (χ3v) is 14.5. The van der Waals surface area contributed by atoms with E-state index >= 15 is 0 Å². The van der Waals surface area contributed by atoms with Crippen LogP contribution in [-0.2, 0) is 9.59 Å². The maximum atomic E-state index is 12.9. The number of unbranched alkanes of at least 4 members (excludes halogenated alkanes) is 23. The zero-order chi connectivity index (χ0) is 45.3. The first-order valence-electron chi connectivity index (χ1n) is 27.5. The Hall–Kier alpha value is -1.14. The van der Waals surface area contributed by atoms with E-state index in [1.807, 2.05) is 0 Å². The number of carboxylic acid groups (broad SMARTS) is 2. The highest BCUT2D eigenvalue weighted by atomic mass is 16.4. The molecule has 0 aliphatic heterocycles. The molecule has 0 saturated carbocycles. The predicted octanol–water partition coefficient (Wildman–Crippen LogP) is 17.3. The molecule has 0 bridgehead atoms. The second-order valence-corrected chi connectivity index (χ2v) is 20.2. The minimum absolute atomic E-state index is 0.568. The summed E-state index contributed by atoms with van der Waals surface area (Å²) >= 11 is 0. The summed E-state index contributed by atoms with van der Waals surface area (Å²) in [6.07, 6.45) is 43.5. The number of aliphatic hydroxyl groups is 1. The third kappa shape index (κ3) is 30.6. The SMILES string of the molecule is CCCCCCCCC(CCCCCC)(CCCCCCC(O)(CCCCCCC(CCCCCC)(CCCCCCCC)C(=O)O)CCCCN(CCC)CCC)C(=O)O. The van der Waals surface area contributed by atoms with Crippen LogP contribution in [0.4, 0.5) is 0 Å². The first kappa shape index (κ1) is 59.9. The molecule has 3 N–H and O–H groups in total. The Morgan fingerprint density at radius 2 is 0.541 bits per heavy atom. The standard InChI is InChI=1S/C55H109NO5/c1-7-13-17-21-23-31-41-53(51(57)58,39-29-19-15-9-3)43-33-25-27-35-45-55(61,47-37-38-50-56(48-11-5)49-12-6)46-36-28-26-34-44-54(52(59)60,40-30-20-16-10-4)42-32-24-22-18-14-8-2/h61H,7-50H2,1-6H3,(H,57,58)(H,59,60). The highest BCUT2D eigenvalue weighted by Crippen LogP contribution is 2.40. The van der Waals surface area contributed by atoms with Crippen LogP contribution in [0.3, 0.4) is 0 Å². The van der Waals surface area contributed by atoms with Gasteiger partial charge in [0.1, 0.15) is 0 Å². The second kappa shape index (κ2) is 40.4. The van der Waals surface area contributed by atoms with Gasteiger partial charge in [-0.15, -0.1) is 0 Å². The summed E-state index contributed by atoms with van der Waals surface area (Å²) < 4.78 is 0. The Labute approximate surface area is 381 Å². The lowest BCUT2D eigenvalue weighted by Gasteiger charge is -2.31.